The topological polar surface area (TPSA) is 66.3 Å². The molecule has 0 spiro atoms. The minimum atomic E-state index is -1.06. The van der Waals surface area contributed by atoms with E-state index in [0.717, 1.165) is 12.8 Å². The number of anilines is 1. The van der Waals surface area contributed by atoms with Crippen LogP contribution in [0.4, 0.5) is 5.82 Å². The number of carbonyl (C=O) groups is 1. The first kappa shape index (κ1) is 12.6. The Balaban J connectivity index is 1.77. The van der Waals surface area contributed by atoms with Crippen molar-refractivity contribution in [2.24, 2.45) is 0 Å². The van der Waals surface area contributed by atoms with E-state index in [9.17, 15) is 4.79 Å². The molecule has 0 unspecified atom stereocenters. The van der Waals surface area contributed by atoms with Crippen LogP contribution >= 0.6 is 0 Å². The summed E-state index contributed by atoms with van der Waals surface area (Å²) in [5, 5.41) is 8.83. The summed E-state index contributed by atoms with van der Waals surface area (Å²) in [4.78, 5) is 20.9. The van der Waals surface area contributed by atoms with Gasteiger partial charge in [-0.1, -0.05) is 24.3 Å². The lowest BCUT2D eigenvalue weighted by molar-refractivity contribution is 0.0690. The molecule has 0 atom stereocenters. The number of hydrogen-bond donors (Lipinski definition) is 1. The zero-order valence-corrected chi connectivity index (χ0v) is 11.2. The zero-order valence-electron chi connectivity index (χ0n) is 11.2. The second kappa shape index (κ2) is 4.92. The van der Waals surface area contributed by atoms with Gasteiger partial charge in [-0.05, 0) is 24.0 Å². The molecule has 5 nitrogen and oxygen atoms in total. The van der Waals surface area contributed by atoms with Gasteiger partial charge < -0.3 is 10.0 Å². The largest absolute Gasteiger partial charge is 0.476 e. The van der Waals surface area contributed by atoms with Crippen molar-refractivity contribution < 1.29 is 9.90 Å². The normalized spacial score (nSPS) is 14.1. The maximum atomic E-state index is 10.8. The number of hydrogen-bond acceptors (Lipinski definition) is 4. The number of fused-ring (bicyclic) bond motifs is 1. The molecule has 0 aliphatic heterocycles. The minimum Gasteiger partial charge on any atom is -0.476 e. The number of nitrogens with zero attached hydrogens (tertiary/aromatic N) is 3. The predicted molar refractivity (Wildman–Crippen MR) is 75.0 cm³/mol. The molecule has 0 amide bonds. The van der Waals surface area contributed by atoms with Gasteiger partial charge in [-0.25, -0.2) is 14.8 Å². The van der Waals surface area contributed by atoms with Crippen LogP contribution in [0.25, 0.3) is 0 Å². The molecule has 0 radical (unpaired) electrons. The maximum absolute atomic E-state index is 10.8. The smallest absolute Gasteiger partial charge is 0.356 e. The van der Waals surface area contributed by atoms with Crippen molar-refractivity contribution in [2.45, 2.75) is 18.9 Å². The van der Waals surface area contributed by atoms with Crippen LogP contribution in [-0.4, -0.2) is 34.1 Å². The van der Waals surface area contributed by atoms with Crippen LogP contribution in [0.5, 0.6) is 0 Å². The summed E-state index contributed by atoms with van der Waals surface area (Å²) < 4.78 is 0. The van der Waals surface area contributed by atoms with Gasteiger partial charge in [0.15, 0.2) is 5.69 Å². The Morgan fingerprint density at radius 1 is 1.20 bits per heavy atom. The molecule has 0 bridgehead atoms. The van der Waals surface area contributed by atoms with Crippen molar-refractivity contribution in [3.05, 3.63) is 53.5 Å². The Morgan fingerprint density at radius 2 is 1.85 bits per heavy atom. The lowest BCUT2D eigenvalue weighted by Gasteiger charge is -2.25. The van der Waals surface area contributed by atoms with Crippen LogP contribution < -0.4 is 4.90 Å². The fraction of sp³-hybridized carbons (Fsp3) is 0.267. The van der Waals surface area contributed by atoms with Crippen molar-refractivity contribution in [3.63, 3.8) is 0 Å². The molecule has 1 N–H and O–H groups in total. The summed E-state index contributed by atoms with van der Waals surface area (Å²) in [6, 6.07) is 8.77. The molecule has 0 saturated heterocycles. The van der Waals surface area contributed by atoms with E-state index in [1.165, 1.54) is 23.5 Å². The third-order valence-electron chi connectivity index (χ3n) is 3.80. The molecule has 2 aromatic rings. The highest BCUT2D eigenvalue weighted by molar-refractivity contribution is 5.84. The number of benzene rings is 1. The van der Waals surface area contributed by atoms with Crippen LogP contribution in [0.3, 0.4) is 0 Å². The van der Waals surface area contributed by atoms with Crippen LogP contribution in [0.1, 0.15) is 21.6 Å². The van der Waals surface area contributed by atoms with Gasteiger partial charge in [0.05, 0.1) is 12.4 Å². The molecule has 1 aromatic carbocycles. The molecule has 1 heterocycles. The van der Waals surface area contributed by atoms with Crippen molar-refractivity contribution in [1.82, 2.24) is 9.97 Å². The lowest BCUT2D eigenvalue weighted by atomic mass is 10.1. The van der Waals surface area contributed by atoms with Crippen molar-refractivity contribution in [2.75, 3.05) is 11.9 Å². The lowest BCUT2D eigenvalue weighted by Crippen LogP contribution is -2.33. The van der Waals surface area contributed by atoms with Gasteiger partial charge in [0.25, 0.3) is 0 Å². The van der Waals surface area contributed by atoms with Crippen molar-refractivity contribution >= 4 is 11.8 Å². The zero-order chi connectivity index (χ0) is 14.1. The van der Waals surface area contributed by atoms with Crippen LogP contribution in [0.2, 0.25) is 0 Å². The second-order valence-electron chi connectivity index (χ2n) is 5.01. The van der Waals surface area contributed by atoms with Gasteiger partial charge in [-0.15, -0.1) is 0 Å². The molecular formula is C15H15N3O2. The average molecular weight is 269 g/mol. The third kappa shape index (κ3) is 2.22. The Morgan fingerprint density at radius 3 is 2.35 bits per heavy atom. The number of carboxylic acids is 1. The number of likely N-dealkylation sites (N-methyl/N-ethyl adjacent to an activating group) is 1. The van der Waals surface area contributed by atoms with Crippen LogP contribution in [0.15, 0.2) is 36.7 Å². The summed E-state index contributed by atoms with van der Waals surface area (Å²) in [6.45, 7) is 0. The van der Waals surface area contributed by atoms with Crippen molar-refractivity contribution in [3.8, 4) is 0 Å². The minimum absolute atomic E-state index is 0.0307. The van der Waals surface area contributed by atoms with Gasteiger partial charge in [0.2, 0.25) is 0 Å². The molecule has 5 heteroatoms. The van der Waals surface area contributed by atoms with Gasteiger partial charge in [0, 0.05) is 13.1 Å². The summed E-state index contributed by atoms with van der Waals surface area (Å²) in [6.07, 6.45) is 4.78. The summed E-state index contributed by atoms with van der Waals surface area (Å²) in [5.74, 6) is -0.354. The Bertz CT molecular complexity index is 615. The highest BCUT2D eigenvalue weighted by Crippen LogP contribution is 2.26. The van der Waals surface area contributed by atoms with E-state index >= 15 is 0 Å². The first-order valence-electron chi connectivity index (χ1n) is 6.50. The fourth-order valence-electron chi connectivity index (χ4n) is 2.61. The molecular weight excluding hydrogens is 254 g/mol. The average Bonchev–Trinajstić information content (AvgIpc) is 2.90. The number of rotatable bonds is 3. The molecule has 1 aromatic heterocycles. The summed E-state index contributed by atoms with van der Waals surface area (Å²) in [7, 11) is 1.97. The predicted octanol–water partition coefficient (Wildman–Crippen LogP) is 1.78. The monoisotopic (exact) mass is 269 g/mol. The molecule has 0 fully saturated rings. The van der Waals surface area contributed by atoms with Gasteiger partial charge in [0.1, 0.15) is 5.82 Å². The molecule has 1 aliphatic carbocycles. The van der Waals surface area contributed by atoms with Crippen LogP contribution in [-0.2, 0) is 12.8 Å². The van der Waals surface area contributed by atoms with E-state index in [1.54, 1.807) is 0 Å². The number of aromatic carboxylic acids is 1. The quantitative estimate of drug-likeness (QED) is 0.920. The van der Waals surface area contributed by atoms with E-state index in [4.69, 9.17) is 5.11 Å². The Labute approximate surface area is 116 Å². The second-order valence-corrected chi connectivity index (χ2v) is 5.01. The Hall–Kier alpha value is -2.43. The van der Waals surface area contributed by atoms with E-state index in [2.05, 4.69) is 39.1 Å². The number of aromatic nitrogens is 2. The van der Waals surface area contributed by atoms with Crippen LogP contribution in [0, 0.1) is 0 Å². The van der Waals surface area contributed by atoms with E-state index < -0.39 is 5.97 Å². The van der Waals surface area contributed by atoms with E-state index in [1.807, 2.05) is 7.05 Å². The maximum Gasteiger partial charge on any atom is 0.356 e. The Kier molecular flexibility index (Phi) is 3.10. The molecule has 1 aliphatic rings. The highest BCUT2D eigenvalue weighted by atomic mass is 16.4. The number of carboxylic acid groups (broad SMARTS) is 1. The standard InChI is InChI=1S/C15H15N3O2/c1-18(14-9-16-13(8-17-14)15(19)20)12-6-10-4-2-3-5-11(10)7-12/h2-5,8-9,12H,6-7H2,1H3,(H,19,20). The van der Waals surface area contributed by atoms with Gasteiger partial charge >= 0.3 is 5.97 Å². The summed E-state index contributed by atoms with van der Waals surface area (Å²) >= 11 is 0. The van der Waals surface area contributed by atoms with Gasteiger partial charge in [-0.3, -0.25) is 0 Å². The fourth-order valence-corrected chi connectivity index (χ4v) is 2.61. The van der Waals surface area contributed by atoms with E-state index in [0.29, 0.717) is 11.9 Å². The first-order valence-corrected chi connectivity index (χ1v) is 6.50. The van der Waals surface area contributed by atoms with Gasteiger partial charge in [-0.2, -0.15) is 0 Å². The molecule has 3 rings (SSSR count). The van der Waals surface area contributed by atoms with E-state index in [-0.39, 0.29) is 5.69 Å². The first-order chi connectivity index (χ1) is 9.65. The summed E-state index contributed by atoms with van der Waals surface area (Å²) in [5.41, 5.74) is 2.72. The molecule has 102 valence electrons. The third-order valence-corrected chi connectivity index (χ3v) is 3.80. The SMILES string of the molecule is CN(c1cnc(C(=O)O)cn1)C1Cc2ccccc2C1. The van der Waals surface area contributed by atoms with Crippen molar-refractivity contribution in [1.29, 1.82) is 0 Å². The molecule has 0 saturated carbocycles. The highest BCUT2D eigenvalue weighted by Gasteiger charge is 2.25. The molecule has 20 heavy (non-hydrogen) atoms.